The maximum atomic E-state index is 10.5. The number of non-ortho nitro benzene ring substituents is 1. The average Bonchev–Trinajstić information content (AvgIpc) is 2.34. The summed E-state index contributed by atoms with van der Waals surface area (Å²) in [5.74, 6) is 0. The monoisotopic (exact) mass is 238 g/mol. The second-order valence-electron chi connectivity index (χ2n) is 3.90. The van der Waals surface area contributed by atoms with Crippen molar-refractivity contribution in [1.29, 1.82) is 0 Å². The van der Waals surface area contributed by atoms with Crippen molar-refractivity contribution in [3.63, 3.8) is 0 Å². The first-order valence-corrected chi connectivity index (χ1v) is 5.78. The molecule has 1 unspecified atom stereocenters. The molecule has 0 saturated carbocycles. The Bertz CT molecular complexity index is 351. The smallest absolute Gasteiger partial charge is 0.269 e. The molecule has 0 spiro atoms. The van der Waals surface area contributed by atoms with Crippen LogP contribution in [0.4, 0.5) is 5.69 Å². The quantitative estimate of drug-likeness (QED) is 0.433. The summed E-state index contributed by atoms with van der Waals surface area (Å²) in [5.41, 5.74) is 0.763. The van der Waals surface area contributed by atoms with Crippen LogP contribution in [0.25, 0.3) is 0 Å². The van der Waals surface area contributed by atoms with Crippen molar-refractivity contribution in [1.82, 2.24) is 5.32 Å². The molecular formula is C12H18N2O3. The van der Waals surface area contributed by atoms with Crippen molar-refractivity contribution < 1.29 is 10.0 Å². The van der Waals surface area contributed by atoms with Crippen LogP contribution in [0.15, 0.2) is 24.3 Å². The van der Waals surface area contributed by atoms with Crippen molar-refractivity contribution in [2.75, 3.05) is 13.1 Å². The van der Waals surface area contributed by atoms with Gasteiger partial charge in [-0.2, -0.15) is 0 Å². The maximum Gasteiger partial charge on any atom is 0.269 e. The van der Waals surface area contributed by atoms with Crippen LogP contribution in [0, 0.1) is 10.1 Å². The lowest BCUT2D eigenvalue weighted by atomic mass is 10.1. The molecule has 0 bridgehead atoms. The molecule has 0 aromatic heterocycles. The van der Waals surface area contributed by atoms with Gasteiger partial charge >= 0.3 is 0 Å². The summed E-state index contributed by atoms with van der Waals surface area (Å²) in [6.07, 6.45) is 1.10. The third-order valence-corrected chi connectivity index (χ3v) is 2.51. The molecular weight excluding hydrogens is 220 g/mol. The number of nitro benzene ring substituents is 1. The molecule has 1 aromatic rings. The van der Waals surface area contributed by atoms with Gasteiger partial charge in [0.25, 0.3) is 5.69 Å². The van der Waals surface area contributed by atoms with Crippen molar-refractivity contribution in [3.8, 4) is 0 Å². The molecule has 0 fully saturated rings. The van der Waals surface area contributed by atoms with Crippen molar-refractivity contribution in [2.24, 2.45) is 0 Å². The molecule has 0 heterocycles. The van der Waals surface area contributed by atoms with Crippen LogP contribution < -0.4 is 5.32 Å². The number of nitrogens with zero attached hydrogens (tertiary/aromatic N) is 1. The van der Waals surface area contributed by atoms with Gasteiger partial charge in [0, 0.05) is 12.1 Å². The lowest BCUT2D eigenvalue weighted by Crippen LogP contribution is -2.18. The number of rotatable bonds is 7. The molecule has 17 heavy (non-hydrogen) atoms. The molecule has 0 amide bonds. The summed E-state index contributed by atoms with van der Waals surface area (Å²) < 4.78 is 0. The van der Waals surface area contributed by atoms with Crippen molar-refractivity contribution in [2.45, 2.75) is 25.9 Å². The zero-order valence-electron chi connectivity index (χ0n) is 9.93. The first-order valence-electron chi connectivity index (χ1n) is 5.78. The van der Waals surface area contributed by atoms with Crippen LogP contribution in [0.2, 0.25) is 0 Å². The summed E-state index contributed by atoms with van der Waals surface area (Å²) in [4.78, 5) is 10.0. The van der Waals surface area contributed by atoms with Crippen LogP contribution in [-0.4, -0.2) is 23.1 Å². The van der Waals surface area contributed by atoms with E-state index >= 15 is 0 Å². The van der Waals surface area contributed by atoms with E-state index in [1.807, 2.05) is 0 Å². The molecule has 1 rings (SSSR count). The second kappa shape index (κ2) is 6.98. The molecule has 1 atom stereocenters. The van der Waals surface area contributed by atoms with Gasteiger partial charge in [-0.3, -0.25) is 10.1 Å². The van der Waals surface area contributed by atoms with Gasteiger partial charge in [-0.1, -0.05) is 6.92 Å². The third kappa shape index (κ3) is 4.50. The molecule has 0 aliphatic heterocycles. The highest BCUT2D eigenvalue weighted by Gasteiger charge is 2.09. The van der Waals surface area contributed by atoms with E-state index in [1.54, 1.807) is 12.1 Å². The molecule has 2 N–H and O–H groups in total. The van der Waals surface area contributed by atoms with Crippen LogP contribution >= 0.6 is 0 Å². The Balaban J connectivity index is 2.46. The zero-order valence-corrected chi connectivity index (χ0v) is 9.93. The Morgan fingerprint density at radius 3 is 2.53 bits per heavy atom. The van der Waals surface area contributed by atoms with Gasteiger partial charge in [-0.25, -0.2) is 0 Å². The van der Waals surface area contributed by atoms with Gasteiger partial charge in [0.05, 0.1) is 11.0 Å². The summed E-state index contributed by atoms with van der Waals surface area (Å²) in [5, 5.41) is 23.5. The Morgan fingerprint density at radius 2 is 2.00 bits per heavy atom. The fraction of sp³-hybridized carbons (Fsp3) is 0.500. The number of hydrogen-bond acceptors (Lipinski definition) is 4. The van der Waals surface area contributed by atoms with Gasteiger partial charge in [0.15, 0.2) is 0 Å². The van der Waals surface area contributed by atoms with E-state index in [-0.39, 0.29) is 5.69 Å². The highest BCUT2D eigenvalue weighted by molar-refractivity contribution is 5.33. The first-order chi connectivity index (χ1) is 8.15. The molecule has 5 heteroatoms. The molecule has 1 aromatic carbocycles. The lowest BCUT2D eigenvalue weighted by Gasteiger charge is -2.11. The van der Waals surface area contributed by atoms with Gasteiger partial charge in [-0.05, 0) is 43.6 Å². The molecule has 94 valence electrons. The minimum absolute atomic E-state index is 0.0463. The van der Waals surface area contributed by atoms with Gasteiger partial charge in [0.1, 0.15) is 0 Å². The maximum absolute atomic E-state index is 10.5. The normalized spacial score (nSPS) is 12.4. The fourth-order valence-corrected chi connectivity index (χ4v) is 1.53. The van der Waals surface area contributed by atoms with E-state index in [9.17, 15) is 15.2 Å². The van der Waals surface area contributed by atoms with Gasteiger partial charge in [0.2, 0.25) is 0 Å². The van der Waals surface area contributed by atoms with Gasteiger partial charge < -0.3 is 10.4 Å². The standard InChI is InChI=1S/C12H18N2O3/c1-2-8-13-9-7-12(15)10-3-5-11(6-4-10)14(16)17/h3-6,12-13,15H,2,7-9H2,1H3. The Morgan fingerprint density at radius 1 is 1.35 bits per heavy atom. The highest BCUT2D eigenvalue weighted by Crippen LogP contribution is 2.19. The van der Waals surface area contributed by atoms with Crippen molar-refractivity contribution in [3.05, 3.63) is 39.9 Å². The summed E-state index contributed by atoms with van der Waals surface area (Å²) in [6.45, 7) is 3.76. The topological polar surface area (TPSA) is 75.4 Å². The van der Waals surface area contributed by atoms with Crippen molar-refractivity contribution >= 4 is 5.69 Å². The zero-order chi connectivity index (χ0) is 12.7. The number of aliphatic hydroxyl groups excluding tert-OH is 1. The van der Waals surface area contributed by atoms with E-state index in [0.717, 1.165) is 19.5 Å². The predicted molar refractivity (Wildman–Crippen MR) is 65.8 cm³/mol. The first kappa shape index (κ1) is 13.6. The molecule has 0 saturated heterocycles. The Kier molecular flexibility index (Phi) is 5.59. The number of aliphatic hydroxyl groups is 1. The van der Waals surface area contributed by atoms with E-state index < -0.39 is 11.0 Å². The minimum Gasteiger partial charge on any atom is -0.388 e. The molecule has 0 radical (unpaired) electrons. The summed E-state index contributed by atoms with van der Waals surface area (Å²) in [6, 6.07) is 6.03. The van der Waals surface area contributed by atoms with E-state index in [0.29, 0.717) is 12.0 Å². The molecule has 0 aliphatic rings. The number of benzene rings is 1. The summed E-state index contributed by atoms with van der Waals surface area (Å²) >= 11 is 0. The number of nitrogens with one attached hydrogen (secondary N) is 1. The minimum atomic E-state index is -0.569. The third-order valence-electron chi connectivity index (χ3n) is 2.51. The fourth-order valence-electron chi connectivity index (χ4n) is 1.53. The SMILES string of the molecule is CCCNCCC(O)c1ccc([N+](=O)[O-])cc1. The van der Waals surface area contributed by atoms with Crippen LogP contribution in [0.5, 0.6) is 0 Å². The van der Waals surface area contributed by atoms with E-state index in [1.165, 1.54) is 12.1 Å². The Hall–Kier alpha value is -1.46. The van der Waals surface area contributed by atoms with Gasteiger partial charge in [-0.15, -0.1) is 0 Å². The molecule has 5 nitrogen and oxygen atoms in total. The lowest BCUT2D eigenvalue weighted by molar-refractivity contribution is -0.384. The van der Waals surface area contributed by atoms with E-state index in [4.69, 9.17) is 0 Å². The number of hydrogen-bond donors (Lipinski definition) is 2. The van der Waals surface area contributed by atoms with Crippen LogP contribution in [0.1, 0.15) is 31.4 Å². The van der Waals surface area contributed by atoms with E-state index in [2.05, 4.69) is 12.2 Å². The second-order valence-corrected chi connectivity index (χ2v) is 3.90. The average molecular weight is 238 g/mol. The Labute approximate surface area is 101 Å². The van der Waals surface area contributed by atoms with Crippen LogP contribution in [0.3, 0.4) is 0 Å². The molecule has 0 aliphatic carbocycles. The summed E-state index contributed by atoms with van der Waals surface area (Å²) in [7, 11) is 0. The predicted octanol–water partition coefficient (Wildman–Crippen LogP) is 2.02. The number of nitro groups is 1. The largest absolute Gasteiger partial charge is 0.388 e. The highest BCUT2D eigenvalue weighted by atomic mass is 16.6. The van der Waals surface area contributed by atoms with Crippen LogP contribution in [-0.2, 0) is 0 Å².